The average molecular weight is 466 g/mol. The van der Waals surface area contributed by atoms with Gasteiger partial charge in [0.1, 0.15) is 5.82 Å². The zero-order chi connectivity index (χ0) is 23.9. The van der Waals surface area contributed by atoms with Crippen molar-refractivity contribution in [1.82, 2.24) is 24.7 Å². The highest BCUT2D eigenvalue weighted by molar-refractivity contribution is 5.88. The van der Waals surface area contributed by atoms with Crippen molar-refractivity contribution in [2.24, 2.45) is 11.1 Å². The Morgan fingerprint density at radius 2 is 1.88 bits per heavy atom. The van der Waals surface area contributed by atoms with Crippen LogP contribution in [0.3, 0.4) is 0 Å². The van der Waals surface area contributed by atoms with Gasteiger partial charge in [-0.1, -0.05) is 12.1 Å². The van der Waals surface area contributed by atoms with Gasteiger partial charge in [0.05, 0.1) is 5.69 Å². The predicted octanol–water partition coefficient (Wildman–Crippen LogP) is 1.41. The van der Waals surface area contributed by atoms with Crippen molar-refractivity contribution in [2.75, 3.05) is 45.1 Å². The Bertz CT molecular complexity index is 1090. The molecule has 2 heterocycles. The van der Waals surface area contributed by atoms with E-state index in [0.29, 0.717) is 30.1 Å². The summed E-state index contributed by atoms with van der Waals surface area (Å²) in [6.07, 6.45) is 6.32. The molecule has 3 saturated carbocycles. The topological polar surface area (TPSA) is 109 Å². The zero-order valence-corrected chi connectivity index (χ0v) is 20.1. The second kappa shape index (κ2) is 8.79. The number of nitrogens with two attached hydrogens (primary N) is 1. The number of carbonyl (C=O) groups excluding carboxylic acids is 1. The van der Waals surface area contributed by atoms with E-state index in [1.807, 2.05) is 12.1 Å². The summed E-state index contributed by atoms with van der Waals surface area (Å²) in [6.45, 7) is 5.91. The van der Waals surface area contributed by atoms with Crippen LogP contribution in [0.1, 0.15) is 31.7 Å². The van der Waals surface area contributed by atoms with Crippen molar-refractivity contribution >= 4 is 11.8 Å². The largest absolute Gasteiger partial charge is 0.354 e. The van der Waals surface area contributed by atoms with Gasteiger partial charge in [-0.05, 0) is 75.4 Å². The van der Waals surface area contributed by atoms with Crippen LogP contribution in [0.2, 0.25) is 0 Å². The van der Waals surface area contributed by atoms with E-state index in [2.05, 4.69) is 46.6 Å². The van der Waals surface area contributed by atoms with E-state index in [1.54, 1.807) is 17.2 Å². The number of piperazine rings is 1. The first-order valence-corrected chi connectivity index (χ1v) is 12.2. The first-order valence-electron chi connectivity index (χ1n) is 12.2. The Morgan fingerprint density at radius 3 is 2.50 bits per heavy atom. The number of hydrogen-bond acceptors (Lipinski definition) is 6. The summed E-state index contributed by atoms with van der Waals surface area (Å²) in [6, 6.07) is 9.93. The Labute approximate surface area is 200 Å². The van der Waals surface area contributed by atoms with E-state index >= 15 is 0 Å². The first-order chi connectivity index (χ1) is 16.3. The maximum Gasteiger partial charge on any atom is 0.354 e. The molecular formula is C25H35N7O2. The molecule has 6 rings (SSSR count). The highest BCUT2D eigenvalue weighted by atomic mass is 16.2. The minimum absolute atomic E-state index is 0.230. The minimum Gasteiger partial charge on any atom is -0.330 e. The number of rotatable bonds is 7. The molecule has 1 aliphatic heterocycles. The minimum atomic E-state index is -0.420. The summed E-state index contributed by atoms with van der Waals surface area (Å²) in [7, 11) is 2.24. The van der Waals surface area contributed by atoms with Gasteiger partial charge in [-0.3, -0.25) is 14.8 Å². The fraction of sp³-hybridized carbons (Fsp3) is 0.560. The van der Waals surface area contributed by atoms with Crippen molar-refractivity contribution < 1.29 is 4.79 Å². The van der Waals surface area contributed by atoms with Gasteiger partial charge in [-0.15, -0.1) is 0 Å². The molecule has 2 bridgehead atoms. The number of nitrogens with one attached hydrogen (secondary N) is 2. The second-order valence-corrected chi connectivity index (χ2v) is 10.4. The fourth-order valence-corrected chi connectivity index (χ4v) is 5.99. The number of anilines is 1. The van der Waals surface area contributed by atoms with E-state index in [0.717, 1.165) is 31.7 Å². The fourth-order valence-electron chi connectivity index (χ4n) is 5.99. The molecular weight excluding hydrogens is 430 g/mol. The van der Waals surface area contributed by atoms with Crippen molar-refractivity contribution in [3.05, 3.63) is 52.6 Å². The molecule has 0 spiro atoms. The van der Waals surface area contributed by atoms with Crippen LogP contribution in [0, 0.1) is 5.41 Å². The Morgan fingerprint density at radius 1 is 1.21 bits per heavy atom. The van der Waals surface area contributed by atoms with E-state index in [-0.39, 0.29) is 11.8 Å². The van der Waals surface area contributed by atoms with E-state index in [1.165, 1.54) is 29.4 Å². The maximum atomic E-state index is 12.6. The molecule has 1 aromatic carbocycles. The lowest BCUT2D eigenvalue weighted by atomic mass is 9.38. The summed E-state index contributed by atoms with van der Waals surface area (Å²) < 4.78 is 1.49. The molecule has 1 atom stereocenters. The van der Waals surface area contributed by atoms with E-state index in [4.69, 9.17) is 5.73 Å². The molecule has 2 aromatic rings. The molecule has 1 unspecified atom stereocenters. The average Bonchev–Trinajstić information content (AvgIpc) is 2.79. The van der Waals surface area contributed by atoms with E-state index in [9.17, 15) is 9.59 Å². The summed E-state index contributed by atoms with van der Waals surface area (Å²) in [5, 5.41) is 5.93. The normalized spacial score (nSPS) is 26.5. The number of urea groups is 1. The van der Waals surface area contributed by atoms with Crippen LogP contribution in [0.25, 0.3) is 5.69 Å². The standard InChI is InChI=1S/C25H35N7O2/c1-18(30(2)25-14-24(15-25,16-25)17-26)13-19-3-5-20(6-4-19)32-10-7-21(29-23(32)34)28-22(33)31-11-8-27-9-12-31/h3-7,10,18,27H,8-9,11-17,26H2,1-2H3,(H,28,29,33,34). The molecule has 1 saturated heterocycles. The molecule has 1 aromatic heterocycles. The molecule has 9 nitrogen and oxygen atoms in total. The van der Waals surface area contributed by atoms with Gasteiger partial charge in [0.2, 0.25) is 0 Å². The number of amides is 2. The molecule has 2 amide bonds. The number of hydrogen-bond donors (Lipinski definition) is 3. The second-order valence-electron chi connectivity index (χ2n) is 10.4. The van der Waals surface area contributed by atoms with Gasteiger partial charge in [0.25, 0.3) is 0 Å². The van der Waals surface area contributed by atoms with Crippen LogP contribution in [-0.2, 0) is 6.42 Å². The van der Waals surface area contributed by atoms with Gasteiger partial charge < -0.3 is 16.0 Å². The Hall–Kier alpha value is -2.75. The van der Waals surface area contributed by atoms with Crippen LogP contribution < -0.4 is 22.1 Å². The van der Waals surface area contributed by atoms with Gasteiger partial charge in [-0.25, -0.2) is 9.59 Å². The van der Waals surface area contributed by atoms with Crippen molar-refractivity contribution in [1.29, 1.82) is 0 Å². The van der Waals surface area contributed by atoms with Gasteiger partial charge in [0.15, 0.2) is 0 Å². The smallest absolute Gasteiger partial charge is 0.330 e. The quantitative estimate of drug-likeness (QED) is 0.571. The van der Waals surface area contributed by atoms with Gasteiger partial charge >= 0.3 is 11.7 Å². The molecule has 4 fully saturated rings. The number of nitrogens with zero attached hydrogens (tertiary/aromatic N) is 4. The Kier molecular flexibility index (Phi) is 5.95. The van der Waals surface area contributed by atoms with Crippen molar-refractivity contribution in [3.8, 4) is 5.69 Å². The number of likely N-dealkylation sites (N-methyl/N-ethyl adjacent to an activating group) is 1. The summed E-state index contributed by atoms with van der Waals surface area (Å²) >= 11 is 0. The van der Waals surface area contributed by atoms with Crippen LogP contribution in [0.5, 0.6) is 0 Å². The van der Waals surface area contributed by atoms with Crippen LogP contribution >= 0.6 is 0 Å². The lowest BCUT2D eigenvalue weighted by Gasteiger charge is -2.74. The summed E-state index contributed by atoms with van der Waals surface area (Å²) in [5.41, 5.74) is 8.30. The highest BCUT2D eigenvalue weighted by Gasteiger charge is 2.68. The third-order valence-electron chi connectivity index (χ3n) is 8.14. The number of carbonyl (C=O) groups is 1. The lowest BCUT2D eigenvalue weighted by molar-refractivity contribution is -0.215. The first kappa shape index (κ1) is 23.0. The lowest BCUT2D eigenvalue weighted by Crippen LogP contribution is -2.76. The van der Waals surface area contributed by atoms with Crippen molar-refractivity contribution in [3.63, 3.8) is 0 Å². The molecule has 34 heavy (non-hydrogen) atoms. The summed E-state index contributed by atoms with van der Waals surface area (Å²) in [4.78, 5) is 33.3. The Balaban J connectivity index is 1.19. The molecule has 182 valence electrons. The number of benzene rings is 1. The van der Waals surface area contributed by atoms with Crippen LogP contribution in [-0.4, -0.2) is 76.7 Å². The number of aromatic nitrogens is 2. The SMILES string of the molecule is CC(Cc1ccc(-n2ccc(NC(=O)N3CCNCC3)nc2=O)cc1)N(C)C12CC(CN)(C1)C2. The molecule has 3 aliphatic carbocycles. The maximum absolute atomic E-state index is 12.6. The molecule has 4 aliphatic rings. The summed E-state index contributed by atoms with van der Waals surface area (Å²) in [5.74, 6) is 0.267. The highest BCUT2D eigenvalue weighted by Crippen LogP contribution is 2.69. The molecule has 0 radical (unpaired) electrons. The van der Waals surface area contributed by atoms with Gasteiger partial charge in [-0.2, -0.15) is 4.98 Å². The predicted molar refractivity (Wildman–Crippen MR) is 132 cm³/mol. The molecule has 9 heteroatoms. The van der Waals surface area contributed by atoms with Crippen molar-refractivity contribution in [2.45, 2.75) is 44.2 Å². The monoisotopic (exact) mass is 465 g/mol. The van der Waals surface area contributed by atoms with Crippen LogP contribution in [0.15, 0.2) is 41.3 Å². The van der Waals surface area contributed by atoms with Gasteiger partial charge in [0, 0.05) is 44.0 Å². The van der Waals surface area contributed by atoms with Crippen LogP contribution in [0.4, 0.5) is 10.6 Å². The third kappa shape index (κ3) is 4.12. The molecule has 4 N–H and O–H groups in total. The zero-order valence-electron chi connectivity index (χ0n) is 20.1. The van der Waals surface area contributed by atoms with E-state index < -0.39 is 5.69 Å². The third-order valence-corrected chi connectivity index (χ3v) is 8.14.